The van der Waals surface area contributed by atoms with E-state index in [0.717, 1.165) is 12.8 Å². The number of fused-ring (bicyclic) bond motifs is 2. The Labute approximate surface area is 74.4 Å². The van der Waals surface area contributed by atoms with Gasteiger partial charge >= 0.3 is 0 Å². The number of alkyl halides is 1. The predicted octanol–water partition coefficient (Wildman–Crippen LogP) is 1.37. The molecule has 4 atom stereocenters. The smallest absolute Gasteiger partial charge is 0.152 e. The maximum Gasteiger partial charge on any atom is 0.152 e. The number of ether oxygens (including phenoxy) is 1. The van der Waals surface area contributed by atoms with E-state index in [1.54, 1.807) is 7.11 Å². The second-order valence-electron chi connectivity index (χ2n) is 3.35. The van der Waals surface area contributed by atoms with Gasteiger partial charge in [0.1, 0.15) is 0 Å². The average molecular weight is 219 g/mol. The molecule has 2 aliphatic carbocycles. The molecule has 0 N–H and O–H groups in total. The van der Waals surface area contributed by atoms with Crippen molar-refractivity contribution in [1.82, 2.24) is 0 Å². The van der Waals surface area contributed by atoms with Gasteiger partial charge in [-0.2, -0.15) is 0 Å². The molecular weight excluding hydrogens is 208 g/mol. The molecule has 0 heterocycles. The maximum absolute atomic E-state index is 11.4. The summed E-state index contributed by atoms with van der Waals surface area (Å²) in [6.07, 6.45) is 2.38. The van der Waals surface area contributed by atoms with Gasteiger partial charge in [0, 0.05) is 18.9 Å². The number of rotatable bonds is 1. The topological polar surface area (TPSA) is 26.3 Å². The molecule has 0 aromatic heterocycles. The summed E-state index contributed by atoms with van der Waals surface area (Å²) in [5.74, 6) is 0.986. The lowest BCUT2D eigenvalue weighted by atomic mass is 10.00. The van der Waals surface area contributed by atoms with Crippen LogP contribution in [-0.4, -0.2) is 23.8 Å². The number of Topliss-reactive ketones (excluding diaryl/α,β-unsaturated/α-hetero) is 1. The van der Waals surface area contributed by atoms with Gasteiger partial charge in [0.2, 0.25) is 0 Å². The molecule has 0 amide bonds. The Morgan fingerprint density at radius 3 is 2.64 bits per heavy atom. The molecule has 62 valence electrons. The average Bonchev–Trinajstić information content (AvgIpc) is 2.50. The van der Waals surface area contributed by atoms with Crippen molar-refractivity contribution < 1.29 is 9.53 Å². The van der Waals surface area contributed by atoms with Gasteiger partial charge in [0.15, 0.2) is 5.78 Å². The molecule has 3 heteroatoms. The number of hydrogen-bond acceptors (Lipinski definition) is 2. The summed E-state index contributed by atoms with van der Waals surface area (Å²) >= 11 is 3.41. The first-order chi connectivity index (χ1) is 5.25. The SMILES string of the molecule is COC1C2CCC1C(Br)C2=O. The molecule has 2 saturated carbocycles. The Morgan fingerprint density at radius 2 is 2.27 bits per heavy atom. The van der Waals surface area contributed by atoms with Crippen LogP contribution in [0.1, 0.15) is 12.8 Å². The molecule has 2 fully saturated rings. The van der Waals surface area contributed by atoms with E-state index in [4.69, 9.17) is 4.74 Å². The molecular formula is C8H11BrO2. The van der Waals surface area contributed by atoms with E-state index in [0.29, 0.717) is 11.7 Å². The molecule has 2 rings (SSSR count). The molecule has 2 bridgehead atoms. The van der Waals surface area contributed by atoms with Crippen LogP contribution in [0.25, 0.3) is 0 Å². The number of carbonyl (C=O) groups is 1. The van der Waals surface area contributed by atoms with E-state index in [-0.39, 0.29) is 16.8 Å². The van der Waals surface area contributed by atoms with Crippen LogP contribution in [0, 0.1) is 11.8 Å². The van der Waals surface area contributed by atoms with E-state index in [1.807, 2.05) is 0 Å². The van der Waals surface area contributed by atoms with Crippen molar-refractivity contribution in [3.05, 3.63) is 0 Å². The van der Waals surface area contributed by atoms with Gasteiger partial charge in [0.05, 0.1) is 10.9 Å². The van der Waals surface area contributed by atoms with Gasteiger partial charge in [-0.15, -0.1) is 0 Å². The van der Waals surface area contributed by atoms with Crippen molar-refractivity contribution in [3.63, 3.8) is 0 Å². The number of carbonyl (C=O) groups excluding carboxylic acids is 1. The molecule has 0 aromatic carbocycles. The highest BCUT2D eigenvalue weighted by Gasteiger charge is 2.53. The van der Waals surface area contributed by atoms with Crippen LogP contribution in [0.2, 0.25) is 0 Å². The summed E-state index contributed by atoms with van der Waals surface area (Å²) in [6.45, 7) is 0. The van der Waals surface area contributed by atoms with Gasteiger partial charge in [0.25, 0.3) is 0 Å². The van der Waals surface area contributed by atoms with Crippen LogP contribution in [-0.2, 0) is 9.53 Å². The van der Waals surface area contributed by atoms with Crippen molar-refractivity contribution in [1.29, 1.82) is 0 Å². The molecule has 0 aromatic rings. The van der Waals surface area contributed by atoms with E-state index in [2.05, 4.69) is 15.9 Å². The first-order valence-corrected chi connectivity index (χ1v) is 4.88. The summed E-state index contributed by atoms with van der Waals surface area (Å²) in [5.41, 5.74) is 0. The zero-order valence-corrected chi connectivity index (χ0v) is 8.00. The third-order valence-electron chi connectivity index (χ3n) is 2.91. The minimum absolute atomic E-state index is 0.0752. The zero-order valence-electron chi connectivity index (χ0n) is 6.42. The lowest BCUT2D eigenvalue weighted by molar-refractivity contribution is -0.122. The van der Waals surface area contributed by atoms with Crippen molar-refractivity contribution in [2.75, 3.05) is 7.11 Å². The highest BCUT2D eigenvalue weighted by molar-refractivity contribution is 9.10. The fraction of sp³-hybridized carbons (Fsp3) is 0.875. The molecule has 0 radical (unpaired) electrons. The zero-order chi connectivity index (χ0) is 8.01. The second kappa shape index (κ2) is 2.56. The monoisotopic (exact) mass is 218 g/mol. The van der Waals surface area contributed by atoms with E-state index >= 15 is 0 Å². The van der Waals surface area contributed by atoms with Crippen molar-refractivity contribution in [3.8, 4) is 0 Å². The van der Waals surface area contributed by atoms with E-state index in [9.17, 15) is 4.79 Å². The number of hydrogen-bond donors (Lipinski definition) is 0. The van der Waals surface area contributed by atoms with Gasteiger partial charge < -0.3 is 4.74 Å². The third kappa shape index (κ3) is 0.905. The largest absolute Gasteiger partial charge is 0.380 e. The van der Waals surface area contributed by atoms with E-state index in [1.165, 1.54) is 0 Å². The quantitative estimate of drug-likeness (QED) is 0.622. The van der Waals surface area contributed by atoms with Crippen LogP contribution in [0.15, 0.2) is 0 Å². The fourth-order valence-electron chi connectivity index (χ4n) is 2.37. The molecule has 11 heavy (non-hydrogen) atoms. The predicted molar refractivity (Wildman–Crippen MR) is 44.7 cm³/mol. The summed E-state index contributed by atoms with van der Waals surface area (Å²) in [6, 6.07) is 0. The Kier molecular flexibility index (Phi) is 1.80. The fourth-order valence-corrected chi connectivity index (χ4v) is 3.28. The van der Waals surface area contributed by atoms with Crippen LogP contribution in [0.5, 0.6) is 0 Å². The Balaban J connectivity index is 2.24. The summed E-state index contributed by atoms with van der Waals surface area (Å²) < 4.78 is 5.29. The minimum atomic E-state index is 0.0752. The lowest BCUT2D eigenvalue weighted by Crippen LogP contribution is -2.21. The molecule has 2 nitrogen and oxygen atoms in total. The normalized spacial score (nSPS) is 48.7. The highest BCUT2D eigenvalue weighted by atomic mass is 79.9. The van der Waals surface area contributed by atoms with Gasteiger partial charge in [-0.25, -0.2) is 0 Å². The van der Waals surface area contributed by atoms with Crippen molar-refractivity contribution in [2.45, 2.75) is 23.8 Å². The summed E-state index contributed by atoms with van der Waals surface area (Å²) in [5, 5.41) is 0. The Bertz CT molecular complexity index is 193. The molecule has 0 spiro atoms. The summed E-state index contributed by atoms with van der Waals surface area (Å²) in [4.78, 5) is 11.5. The minimum Gasteiger partial charge on any atom is -0.380 e. The number of ketones is 1. The Hall–Kier alpha value is 0.110. The maximum atomic E-state index is 11.4. The van der Waals surface area contributed by atoms with Gasteiger partial charge in [-0.1, -0.05) is 15.9 Å². The number of halogens is 1. The van der Waals surface area contributed by atoms with E-state index < -0.39 is 0 Å². The van der Waals surface area contributed by atoms with Crippen LogP contribution in [0.4, 0.5) is 0 Å². The van der Waals surface area contributed by atoms with Crippen LogP contribution in [0.3, 0.4) is 0 Å². The van der Waals surface area contributed by atoms with Crippen molar-refractivity contribution >= 4 is 21.7 Å². The second-order valence-corrected chi connectivity index (χ2v) is 4.34. The van der Waals surface area contributed by atoms with Gasteiger partial charge in [-0.3, -0.25) is 4.79 Å². The highest BCUT2D eigenvalue weighted by Crippen LogP contribution is 2.46. The lowest BCUT2D eigenvalue weighted by Gasteiger charge is -2.13. The van der Waals surface area contributed by atoms with Gasteiger partial charge in [-0.05, 0) is 12.8 Å². The third-order valence-corrected chi connectivity index (χ3v) is 4.05. The number of methoxy groups -OCH3 is 1. The first-order valence-electron chi connectivity index (χ1n) is 3.96. The molecule has 2 aliphatic rings. The molecule has 0 aliphatic heterocycles. The molecule has 4 unspecified atom stereocenters. The molecule has 0 saturated heterocycles. The standard InChI is InChI=1S/C8H11BrO2/c1-11-8-4-2-3-5(8)7(10)6(4)9/h4-6,8H,2-3H2,1H3. The van der Waals surface area contributed by atoms with Crippen LogP contribution >= 0.6 is 15.9 Å². The first kappa shape index (κ1) is 7.74. The summed E-state index contributed by atoms with van der Waals surface area (Å²) in [7, 11) is 1.70. The van der Waals surface area contributed by atoms with Crippen LogP contribution < -0.4 is 0 Å². The van der Waals surface area contributed by atoms with Crippen molar-refractivity contribution in [2.24, 2.45) is 11.8 Å². The Morgan fingerprint density at radius 1 is 1.55 bits per heavy atom.